The number of hydrogen-bond acceptors (Lipinski definition) is 2. The second-order valence-electron chi connectivity index (χ2n) is 12.2. The van der Waals surface area contributed by atoms with Gasteiger partial charge in [-0.1, -0.05) is 133 Å². The van der Waals surface area contributed by atoms with Crippen LogP contribution in [0.15, 0.2) is 170 Å². The van der Waals surface area contributed by atoms with Crippen molar-refractivity contribution in [1.82, 2.24) is 0 Å². The highest BCUT2D eigenvalue weighted by Gasteiger charge is 2.50. The van der Waals surface area contributed by atoms with Gasteiger partial charge in [-0.2, -0.15) is 0 Å². The van der Waals surface area contributed by atoms with E-state index >= 15 is 0 Å². The molecule has 0 aromatic heterocycles. The van der Waals surface area contributed by atoms with Gasteiger partial charge in [0.1, 0.15) is 11.5 Å². The van der Waals surface area contributed by atoms with Crippen molar-refractivity contribution < 1.29 is 4.74 Å². The molecule has 1 aliphatic heterocycles. The molecule has 2 heteroatoms. The van der Waals surface area contributed by atoms with Gasteiger partial charge in [0.05, 0.1) is 5.41 Å². The van der Waals surface area contributed by atoms with E-state index in [-0.39, 0.29) is 0 Å². The first-order valence-corrected chi connectivity index (χ1v) is 15.9. The van der Waals surface area contributed by atoms with Gasteiger partial charge in [-0.3, -0.25) is 0 Å². The van der Waals surface area contributed by atoms with Crippen LogP contribution in [-0.4, -0.2) is 0 Å². The van der Waals surface area contributed by atoms with E-state index in [1.807, 2.05) is 0 Å². The highest BCUT2D eigenvalue weighted by Crippen LogP contribution is 2.62. The van der Waals surface area contributed by atoms with Crippen molar-refractivity contribution in [1.29, 1.82) is 0 Å². The number of benzene rings is 7. The van der Waals surface area contributed by atoms with E-state index in [0.717, 1.165) is 34.1 Å². The van der Waals surface area contributed by atoms with Crippen LogP contribution in [0.3, 0.4) is 0 Å². The summed E-state index contributed by atoms with van der Waals surface area (Å²) < 4.78 is 6.83. The van der Waals surface area contributed by atoms with Crippen molar-refractivity contribution in [2.45, 2.75) is 12.3 Å². The quantitative estimate of drug-likeness (QED) is 0.202. The van der Waals surface area contributed by atoms with Gasteiger partial charge < -0.3 is 9.64 Å². The van der Waals surface area contributed by atoms with Crippen molar-refractivity contribution in [3.05, 3.63) is 198 Å². The predicted octanol–water partition coefficient (Wildman–Crippen LogP) is 11.6. The second kappa shape index (κ2) is 10.4. The fourth-order valence-corrected chi connectivity index (χ4v) is 7.56. The van der Waals surface area contributed by atoms with E-state index in [1.165, 1.54) is 44.5 Å². The molecular weight excluding hydrogens is 558 g/mol. The lowest BCUT2D eigenvalue weighted by molar-refractivity contribution is 0.436. The summed E-state index contributed by atoms with van der Waals surface area (Å²) in [7, 11) is 0. The van der Waals surface area contributed by atoms with Crippen molar-refractivity contribution in [3.8, 4) is 33.8 Å². The molecule has 1 aliphatic carbocycles. The van der Waals surface area contributed by atoms with Crippen LogP contribution < -0.4 is 9.64 Å². The summed E-state index contributed by atoms with van der Waals surface area (Å²) in [5, 5.41) is 0. The van der Waals surface area contributed by atoms with Crippen LogP contribution in [0.4, 0.5) is 17.1 Å². The molecule has 0 bridgehead atoms. The van der Waals surface area contributed by atoms with Crippen LogP contribution in [0.5, 0.6) is 11.5 Å². The normalized spacial score (nSPS) is 13.2. The number of para-hydroxylation sites is 1. The van der Waals surface area contributed by atoms with Crippen molar-refractivity contribution in [2.75, 3.05) is 4.90 Å². The zero-order chi connectivity index (χ0) is 30.7. The third-order valence-electron chi connectivity index (χ3n) is 9.62. The molecule has 0 saturated heterocycles. The molecule has 9 rings (SSSR count). The molecule has 0 amide bonds. The molecule has 218 valence electrons. The van der Waals surface area contributed by atoms with E-state index in [4.69, 9.17) is 4.74 Å². The molecule has 7 aromatic carbocycles. The van der Waals surface area contributed by atoms with Crippen molar-refractivity contribution in [3.63, 3.8) is 0 Å². The smallest absolute Gasteiger partial charge is 0.134 e. The highest BCUT2D eigenvalue weighted by molar-refractivity contribution is 5.89. The highest BCUT2D eigenvalue weighted by atomic mass is 16.5. The van der Waals surface area contributed by atoms with Gasteiger partial charge in [0.2, 0.25) is 0 Å². The Morgan fingerprint density at radius 1 is 0.413 bits per heavy atom. The van der Waals surface area contributed by atoms with Crippen LogP contribution in [0.2, 0.25) is 0 Å². The minimum Gasteiger partial charge on any atom is -0.457 e. The monoisotopic (exact) mass is 589 g/mol. The van der Waals surface area contributed by atoms with E-state index in [9.17, 15) is 0 Å². The molecule has 0 saturated carbocycles. The molecular formula is C44H31NO. The molecule has 0 fully saturated rings. The number of rotatable bonds is 4. The minimum atomic E-state index is -0.470. The van der Waals surface area contributed by atoms with E-state index < -0.39 is 5.41 Å². The fraction of sp³-hybridized carbons (Fsp3) is 0.0455. The summed E-state index contributed by atoms with van der Waals surface area (Å²) in [5.41, 5.74) is 13.9. The van der Waals surface area contributed by atoms with E-state index in [0.29, 0.717) is 0 Å². The zero-order valence-corrected chi connectivity index (χ0v) is 25.5. The second-order valence-corrected chi connectivity index (χ2v) is 12.2. The Hall–Kier alpha value is -5.86. The van der Waals surface area contributed by atoms with Crippen LogP contribution >= 0.6 is 0 Å². The van der Waals surface area contributed by atoms with Gasteiger partial charge in [0, 0.05) is 34.3 Å². The molecule has 2 aliphatic rings. The molecule has 0 N–H and O–H groups in total. The van der Waals surface area contributed by atoms with Gasteiger partial charge in [-0.25, -0.2) is 0 Å². The molecule has 46 heavy (non-hydrogen) atoms. The van der Waals surface area contributed by atoms with E-state index in [1.54, 1.807) is 0 Å². The summed E-state index contributed by atoms with van der Waals surface area (Å²) in [6.07, 6.45) is 0. The molecule has 2 nitrogen and oxygen atoms in total. The topological polar surface area (TPSA) is 12.5 Å². The van der Waals surface area contributed by atoms with Crippen molar-refractivity contribution in [2.24, 2.45) is 0 Å². The maximum absolute atomic E-state index is 6.83. The number of ether oxygens (including phenoxy) is 1. The fourth-order valence-electron chi connectivity index (χ4n) is 7.56. The van der Waals surface area contributed by atoms with Crippen LogP contribution in [-0.2, 0) is 5.41 Å². The molecule has 7 aromatic rings. The largest absolute Gasteiger partial charge is 0.457 e. The number of aryl methyl sites for hydroxylation is 1. The summed E-state index contributed by atoms with van der Waals surface area (Å²) in [6, 6.07) is 61.1. The first-order chi connectivity index (χ1) is 22.7. The minimum absolute atomic E-state index is 0.470. The van der Waals surface area contributed by atoms with Gasteiger partial charge in [0.15, 0.2) is 0 Å². The van der Waals surface area contributed by atoms with Gasteiger partial charge in [0.25, 0.3) is 0 Å². The maximum atomic E-state index is 6.83. The SMILES string of the molecule is Cc1ccc(N(c2ccc(-c3ccccc3)cc2)c2ccc3c(c2)Oc2ccccc2C32c3ccccc3-c3ccccc32)cc1. The average molecular weight is 590 g/mol. The lowest BCUT2D eigenvalue weighted by Gasteiger charge is -2.40. The number of nitrogens with zero attached hydrogens (tertiary/aromatic N) is 1. The molecule has 1 spiro atoms. The van der Waals surface area contributed by atoms with Crippen LogP contribution in [0.1, 0.15) is 27.8 Å². The van der Waals surface area contributed by atoms with Crippen LogP contribution in [0, 0.1) is 6.92 Å². The van der Waals surface area contributed by atoms with Crippen molar-refractivity contribution >= 4 is 17.1 Å². The standard InChI is InChI=1S/C44H31NO/c1-30-19-23-33(24-20-30)45(34-25-21-32(22-26-34)31-11-3-2-4-12-31)35-27-28-41-43(29-35)46-42-18-10-9-17-40(42)44(41)38-15-7-5-13-36(38)37-14-6-8-16-39(37)44/h2-29H,1H3. The Bertz CT molecular complexity index is 2190. The summed E-state index contributed by atoms with van der Waals surface area (Å²) in [5.74, 6) is 1.77. The summed E-state index contributed by atoms with van der Waals surface area (Å²) in [6.45, 7) is 2.13. The lowest BCUT2D eigenvalue weighted by Crippen LogP contribution is -2.32. The number of hydrogen-bond donors (Lipinski definition) is 0. The first-order valence-electron chi connectivity index (χ1n) is 15.9. The Morgan fingerprint density at radius 2 is 0.913 bits per heavy atom. The summed E-state index contributed by atoms with van der Waals surface area (Å²) >= 11 is 0. The Labute approximate surface area is 269 Å². The van der Waals surface area contributed by atoms with Gasteiger partial charge in [-0.05, 0) is 76.7 Å². The first kappa shape index (κ1) is 26.5. The van der Waals surface area contributed by atoms with Gasteiger partial charge in [-0.15, -0.1) is 0 Å². The Balaban J connectivity index is 1.25. The molecule has 1 heterocycles. The molecule has 0 atom stereocenters. The number of anilines is 3. The maximum Gasteiger partial charge on any atom is 0.134 e. The number of fused-ring (bicyclic) bond motifs is 9. The van der Waals surface area contributed by atoms with Gasteiger partial charge >= 0.3 is 0 Å². The average Bonchev–Trinajstić information content (AvgIpc) is 3.41. The third kappa shape index (κ3) is 3.90. The Morgan fingerprint density at radius 3 is 1.59 bits per heavy atom. The molecule has 0 radical (unpaired) electrons. The van der Waals surface area contributed by atoms with Crippen LogP contribution in [0.25, 0.3) is 22.3 Å². The lowest BCUT2D eigenvalue weighted by atomic mass is 9.66. The third-order valence-corrected chi connectivity index (χ3v) is 9.62. The summed E-state index contributed by atoms with van der Waals surface area (Å²) in [4.78, 5) is 2.32. The van der Waals surface area contributed by atoms with E-state index in [2.05, 4.69) is 182 Å². The predicted molar refractivity (Wildman–Crippen MR) is 189 cm³/mol. The zero-order valence-electron chi connectivity index (χ0n) is 25.5. The molecule has 0 unspecified atom stereocenters. The Kier molecular flexibility index (Phi) is 5.97.